The number of nitrogens with zero attached hydrogens (tertiary/aromatic N) is 3. The smallest absolute Gasteiger partial charge is 0.0889 e. The number of pyridine rings is 1. The van der Waals surface area contributed by atoms with Gasteiger partial charge in [-0.05, 0) is 36.6 Å². The fourth-order valence-electron chi connectivity index (χ4n) is 3.82. The van der Waals surface area contributed by atoms with Crippen LogP contribution in [0.3, 0.4) is 0 Å². The van der Waals surface area contributed by atoms with Crippen LogP contribution >= 0.6 is 0 Å². The summed E-state index contributed by atoms with van der Waals surface area (Å²) in [6, 6.07) is 11.0. The van der Waals surface area contributed by atoms with Gasteiger partial charge < -0.3 is 10.2 Å². The quantitative estimate of drug-likeness (QED) is 0.631. The molecule has 0 aliphatic heterocycles. The Morgan fingerprint density at radius 1 is 1.08 bits per heavy atom. The Hall–Kier alpha value is -1.26. The molecule has 127 valence electrons. The van der Waals surface area contributed by atoms with Crippen LogP contribution in [-0.2, 0) is 32.7 Å². The summed E-state index contributed by atoms with van der Waals surface area (Å²) in [4.78, 5) is 4.71. The van der Waals surface area contributed by atoms with Crippen LogP contribution in [0.5, 0.6) is 0 Å². The molecule has 3 heterocycles. The molecule has 0 amide bonds. The second-order valence-corrected chi connectivity index (χ2v) is 6.75. The fraction of sp³-hybridized carbons (Fsp3) is 0.400. The number of rotatable bonds is 2. The molecule has 1 saturated carbocycles. The topological polar surface area (TPSA) is 56.2 Å². The van der Waals surface area contributed by atoms with Crippen LogP contribution in [0.15, 0.2) is 36.7 Å². The first-order chi connectivity index (χ1) is 11.8. The second kappa shape index (κ2) is 8.42. The molecule has 1 fully saturated rings. The van der Waals surface area contributed by atoms with Gasteiger partial charge in [0.25, 0.3) is 0 Å². The number of nitrogens with two attached hydrogens (primary N) is 1. The monoisotopic (exact) mass is 408 g/mol. The zero-order valence-corrected chi connectivity index (χ0v) is 17.3. The molecule has 0 unspecified atom stereocenters. The Labute approximate surface area is 174 Å². The first-order valence-corrected chi connectivity index (χ1v) is 8.92. The van der Waals surface area contributed by atoms with E-state index in [2.05, 4.69) is 11.2 Å². The standard InChI is InChI=1S/C20H23N4.Y/c21-18-13-19(20-11-10-16-9-6-12-23-24(16)20)22-14-17(18)15-7-4-2-1-3-5-8-15;/h9-15H,1-5,7-8H2,(H2,21,22);/q-1;. The number of nitrogen functional groups attached to an aromatic ring is 1. The molecule has 0 spiro atoms. The number of aromatic nitrogens is 3. The van der Waals surface area contributed by atoms with Crippen molar-refractivity contribution in [1.82, 2.24) is 14.6 Å². The van der Waals surface area contributed by atoms with Gasteiger partial charge in [-0.1, -0.05) is 43.7 Å². The zero-order chi connectivity index (χ0) is 16.4. The van der Waals surface area contributed by atoms with Gasteiger partial charge in [-0.15, -0.1) is 6.07 Å². The van der Waals surface area contributed by atoms with Crippen molar-refractivity contribution < 1.29 is 32.7 Å². The molecule has 25 heavy (non-hydrogen) atoms. The van der Waals surface area contributed by atoms with E-state index in [-0.39, 0.29) is 32.7 Å². The molecule has 4 nitrogen and oxygen atoms in total. The summed E-state index contributed by atoms with van der Waals surface area (Å²) in [5, 5.41) is 4.36. The SMILES string of the molecule is Nc1cc(-c2ccc3c[c-]cnn23)ncc1C1CCCCCCC1.[Y]. The van der Waals surface area contributed by atoms with Crippen LogP contribution in [0.25, 0.3) is 16.9 Å². The molecule has 3 aromatic rings. The molecule has 2 N–H and O–H groups in total. The summed E-state index contributed by atoms with van der Waals surface area (Å²) < 4.78 is 1.88. The Bertz CT molecular complexity index is 835. The molecule has 1 radical (unpaired) electrons. The Balaban J connectivity index is 0.00000182. The zero-order valence-electron chi connectivity index (χ0n) is 14.5. The van der Waals surface area contributed by atoms with Crippen LogP contribution in [-0.4, -0.2) is 14.6 Å². The third-order valence-corrected chi connectivity index (χ3v) is 5.14. The number of hydrogen-bond acceptors (Lipinski definition) is 3. The number of hydrogen-bond donors (Lipinski definition) is 1. The van der Waals surface area contributed by atoms with Crippen LogP contribution < -0.4 is 5.73 Å². The van der Waals surface area contributed by atoms with E-state index in [0.717, 1.165) is 22.6 Å². The fourth-order valence-corrected chi connectivity index (χ4v) is 3.82. The minimum Gasteiger partial charge on any atom is -0.398 e. The van der Waals surface area contributed by atoms with Gasteiger partial charge in [-0.3, -0.25) is 4.98 Å². The molecule has 4 rings (SSSR count). The van der Waals surface area contributed by atoms with E-state index in [1.807, 2.05) is 35.0 Å². The van der Waals surface area contributed by atoms with E-state index in [4.69, 9.17) is 10.7 Å². The maximum Gasteiger partial charge on any atom is 0.0889 e. The molecule has 5 heteroatoms. The van der Waals surface area contributed by atoms with Crippen LogP contribution in [0.4, 0.5) is 5.69 Å². The molecular formula is C20H23N4Y-. The third kappa shape index (κ3) is 3.96. The summed E-state index contributed by atoms with van der Waals surface area (Å²) in [6.45, 7) is 0. The van der Waals surface area contributed by atoms with E-state index < -0.39 is 0 Å². The minimum absolute atomic E-state index is 0. The van der Waals surface area contributed by atoms with Gasteiger partial charge in [0, 0.05) is 44.6 Å². The molecule has 3 aromatic heterocycles. The average Bonchev–Trinajstić information content (AvgIpc) is 2.99. The van der Waals surface area contributed by atoms with Crippen molar-refractivity contribution in [2.75, 3.05) is 5.73 Å². The van der Waals surface area contributed by atoms with Gasteiger partial charge in [0.15, 0.2) is 0 Å². The van der Waals surface area contributed by atoms with Gasteiger partial charge in [-0.25, -0.2) is 17.2 Å². The predicted molar refractivity (Wildman–Crippen MR) is 96.7 cm³/mol. The van der Waals surface area contributed by atoms with Crippen molar-refractivity contribution in [2.24, 2.45) is 0 Å². The third-order valence-electron chi connectivity index (χ3n) is 5.14. The van der Waals surface area contributed by atoms with Crippen molar-refractivity contribution in [3.63, 3.8) is 0 Å². The largest absolute Gasteiger partial charge is 0.398 e. The van der Waals surface area contributed by atoms with Gasteiger partial charge in [0.2, 0.25) is 0 Å². The molecule has 0 aromatic carbocycles. The number of fused-ring (bicyclic) bond motifs is 1. The van der Waals surface area contributed by atoms with E-state index in [9.17, 15) is 0 Å². The number of anilines is 1. The average molecular weight is 408 g/mol. The Morgan fingerprint density at radius 3 is 2.60 bits per heavy atom. The van der Waals surface area contributed by atoms with Crippen molar-refractivity contribution in [1.29, 1.82) is 0 Å². The summed E-state index contributed by atoms with van der Waals surface area (Å²) in [5.74, 6) is 0.559. The molecular weight excluding hydrogens is 385 g/mol. The van der Waals surface area contributed by atoms with Crippen LogP contribution in [0, 0.1) is 6.07 Å². The van der Waals surface area contributed by atoms with Crippen molar-refractivity contribution in [3.05, 3.63) is 48.3 Å². The normalized spacial score (nSPS) is 16.2. The van der Waals surface area contributed by atoms with E-state index in [0.29, 0.717) is 5.92 Å². The van der Waals surface area contributed by atoms with Gasteiger partial charge in [0.05, 0.1) is 11.4 Å². The van der Waals surface area contributed by atoms with E-state index in [1.165, 1.54) is 50.5 Å². The van der Waals surface area contributed by atoms with Crippen LogP contribution in [0.2, 0.25) is 0 Å². The summed E-state index contributed by atoms with van der Waals surface area (Å²) in [6.07, 6.45) is 12.8. The maximum absolute atomic E-state index is 6.42. The van der Waals surface area contributed by atoms with Gasteiger partial charge >= 0.3 is 0 Å². The molecule has 0 bridgehead atoms. The van der Waals surface area contributed by atoms with E-state index >= 15 is 0 Å². The molecule has 0 atom stereocenters. The van der Waals surface area contributed by atoms with Crippen molar-refractivity contribution in [2.45, 2.75) is 50.9 Å². The van der Waals surface area contributed by atoms with Gasteiger partial charge in [-0.2, -0.15) is 0 Å². The van der Waals surface area contributed by atoms with Gasteiger partial charge in [0.1, 0.15) is 0 Å². The molecule has 1 aliphatic carbocycles. The minimum atomic E-state index is 0. The first kappa shape index (κ1) is 18.5. The summed E-state index contributed by atoms with van der Waals surface area (Å²) in [5.41, 5.74) is 11.4. The predicted octanol–water partition coefficient (Wildman–Crippen LogP) is 4.60. The summed E-state index contributed by atoms with van der Waals surface area (Å²) >= 11 is 0. The van der Waals surface area contributed by atoms with E-state index in [1.54, 1.807) is 6.20 Å². The first-order valence-electron chi connectivity index (χ1n) is 8.92. The maximum atomic E-state index is 6.42. The van der Waals surface area contributed by atoms with Crippen LogP contribution in [0.1, 0.15) is 56.4 Å². The second-order valence-electron chi connectivity index (χ2n) is 6.75. The summed E-state index contributed by atoms with van der Waals surface area (Å²) in [7, 11) is 0. The molecule has 1 aliphatic rings. The Kier molecular flexibility index (Phi) is 6.24. The van der Waals surface area contributed by atoms with Crippen molar-refractivity contribution >= 4 is 11.2 Å². The molecule has 0 saturated heterocycles. The van der Waals surface area contributed by atoms with Crippen molar-refractivity contribution in [3.8, 4) is 11.4 Å². The Morgan fingerprint density at radius 2 is 1.84 bits per heavy atom.